The number of carbonyl (C=O) groups is 2. The molecule has 102 valence electrons. The summed E-state index contributed by atoms with van der Waals surface area (Å²) in [6, 6.07) is 2.95. The van der Waals surface area contributed by atoms with Crippen molar-refractivity contribution in [1.82, 2.24) is 5.32 Å². The zero-order chi connectivity index (χ0) is 14.0. The van der Waals surface area contributed by atoms with E-state index in [0.717, 1.165) is 9.40 Å². The Bertz CT molecular complexity index is 571. The Morgan fingerprint density at radius 3 is 2.68 bits per heavy atom. The van der Waals surface area contributed by atoms with E-state index in [-0.39, 0.29) is 11.8 Å². The molecule has 0 aliphatic carbocycles. The van der Waals surface area contributed by atoms with Crippen LogP contribution in [0.2, 0.25) is 0 Å². The highest BCUT2D eigenvalue weighted by Gasteiger charge is 2.22. The summed E-state index contributed by atoms with van der Waals surface area (Å²) < 4.78 is 2.12. The van der Waals surface area contributed by atoms with Gasteiger partial charge in [-0.05, 0) is 29.9 Å². The molecule has 0 aromatic carbocycles. The van der Waals surface area contributed by atoms with E-state index in [1.165, 1.54) is 11.3 Å². The van der Waals surface area contributed by atoms with Gasteiger partial charge in [0.15, 0.2) is 0 Å². The first-order valence-corrected chi connectivity index (χ1v) is 7.67. The van der Waals surface area contributed by atoms with Crippen LogP contribution in [0.3, 0.4) is 0 Å². The Hall–Kier alpha value is -1.40. The minimum absolute atomic E-state index is 0.216. The van der Waals surface area contributed by atoms with Gasteiger partial charge in [0.2, 0.25) is 0 Å². The predicted molar refractivity (Wildman–Crippen MR) is 78.0 cm³/mol. The van der Waals surface area contributed by atoms with Gasteiger partial charge in [-0.2, -0.15) is 0 Å². The molecule has 2 aromatic heterocycles. The third-order valence-corrected chi connectivity index (χ3v) is 4.77. The summed E-state index contributed by atoms with van der Waals surface area (Å²) in [5, 5.41) is 13.7. The van der Waals surface area contributed by atoms with Crippen molar-refractivity contribution in [2.24, 2.45) is 5.92 Å². The lowest BCUT2D eigenvalue weighted by Gasteiger charge is -2.15. The zero-order valence-electron chi connectivity index (χ0n) is 10.7. The van der Waals surface area contributed by atoms with Crippen LogP contribution < -0.4 is 5.32 Å². The highest BCUT2D eigenvalue weighted by Crippen LogP contribution is 2.29. The first kappa shape index (κ1) is 14.0. The summed E-state index contributed by atoms with van der Waals surface area (Å²) in [5.74, 6) is -1.07. The molecule has 4 nitrogen and oxygen atoms in total. The van der Waals surface area contributed by atoms with Gasteiger partial charge in [0.25, 0.3) is 5.91 Å². The molecule has 19 heavy (non-hydrogen) atoms. The van der Waals surface area contributed by atoms with E-state index in [9.17, 15) is 9.59 Å². The summed E-state index contributed by atoms with van der Waals surface area (Å²) in [6.45, 7) is 3.87. The summed E-state index contributed by atoms with van der Waals surface area (Å²) in [4.78, 5) is 23.7. The maximum Gasteiger partial charge on any atom is 0.326 e. The van der Waals surface area contributed by atoms with Gasteiger partial charge in [-0.25, -0.2) is 4.79 Å². The molecule has 6 heteroatoms. The monoisotopic (exact) mass is 297 g/mol. The van der Waals surface area contributed by atoms with Crippen LogP contribution in [-0.2, 0) is 4.79 Å². The highest BCUT2D eigenvalue weighted by molar-refractivity contribution is 7.27. The van der Waals surface area contributed by atoms with Gasteiger partial charge in [-0.3, -0.25) is 4.79 Å². The number of carboxylic acid groups (broad SMARTS) is 1. The molecule has 0 saturated heterocycles. The minimum atomic E-state index is -0.986. The first-order valence-electron chi connectivity index (χ1n) is 5.98. The molecule has 1 amide bonds. The summed E-state index contributed by atoms with van der Waals surface area (Å²) >= 11 is 2.97. The molecule has 0 fully saturated rings. The molecule has 1 atom stereocenters. The molecule has 0 aliphatic heterocycles. The number of nitrogens with one attached hydrogen (secondary N) is 1. The number of fused-ring (bicyclic) bond motifs is 1. The molecule has 2 heterocycles. The van der Waals surface area contributed by atoms with E-state index >= 15 is 0 Å². The second-order valence-electron chi connectivity index (χ2n) is 4.75. The van der Waals surface area contributed by atoms with Crippen molar-refractivity contribution in [3.05, 3.63) is 22.4 Å². The Labute approximate surface area is 119 Å². The largest absolute Gasteiger partial charge is 0.480 e. The zero-order valence-corrected chi connectivity index (χ0v) is 12.3. The Kier molecular flexibility index (Phi) is 4.21. The molecule has 0 aliphatic rings. The van der Waals surface area contributed by atoms with E-state index in [4.69, 9.17) is 5.11 Å². The lowest BCUT2D eigenvalue weighted by atomic mass is 10.0. The molecular formula is C13H15NO3S2. The fourth-order valence-electron chi connectivity index (χ4n) is 1.80. The van der Waals surface area contributed by atoms with Crippen molar-refractivity contribution < 1.29 is 14.7 Å². The molecular weight excluding hydrogens is 282 g/mol. The fourth-order valence-corrected chi connectivity index (χ4v) is 3.81. The Balaban J connectivity index is 2.10. The summed E-state index contributed by atoms with van der Waals surface area (Å²) in [6.07, 6.45) is 0.431. The second-order valence-corrected chi connectivity index (χ2v) is 6.79. The van der Waals surface area contributed by atoms with Gasteiger partial charge in [-0.15, -0.1) is 22.7 Å². The SMILES string of the molecule is CC(C)CC(NC(=O)c1cc2sccc2s1)C(=O)O. The number of carboxylic acids is 1. The highest BCUT2D eigenvalue weighted by atomic mass is 32.1. The lowest BCUT2D eigenvalue weighted by molar-refractivity contribution is -0.139. The molecule has 1 unspecified atom stereocenters. The van der Waals surface area contributed by atoms with Gasteiger partial charge in [0, 0.05) is 9.40 Å². The van der Waals surface area contributed by atoms with Crippen LogP contribution in [0.25, 0.3) is 9.40 Å². The van der Waals surface area contributed by atoms with Crippen LogP contribution in [0.4, 0.5) is 0 Å². The third-order valence-electron chi connectivity index (χ3n) is 2.67. The van der Waals surface area contributed by atoms with E-state index in [0.29, 0.717) is 11.3 Å². The van der Waals surface area contributed by atoms with Crippen molar-refractivity contribution in [3.8, 4) is 0 Å². The number of thiophene rings is 2. The van der Waals surface area contributed by atoms with Gasteiger partial charge in [-0.1, -0.05) is 13.8 Å². The molecule has 2 rings (SSSR count). The predicted octanol–water partition coefficient (Wildman–Crippen LogP) is 3.19. The fraction of sp³-hybridized carbons (Fsp3) is 0.385. The van der Waals surface area contributed by atoms with Crippen LogP contribution >= 0.6 is 22.7 Å². The van der Waals surface area contributed by atoms with Crippen molar-refractivity contribution in [2.45, 2.75) is 26.3 Å². The topological polar surface area (TPSA) is 66.4 Å². The van der Waals surface area contributed by atoms with Crippen LogP contribution in [0, 0.1) is 5.92 Å². The lowest BCUT2D eigenvalue weighted by Crippen LogP contribution is -2.41. The third kappa shape index (κ3) is 3.33. The van der Waals surface area contributed by atoms with Crippen LogP contribution in [0.1, 0.15) is 29.9 Å². The van der Waals surface area contributed by atoms with Crippen molar-refractivity contribution >= 4 is 43.9 Å². The second kappa shape index (κ2) is 5.71. The van der Waals surface area contributed by atoms with Gasteiger partial charge >= 0.3 is 5.97 Å². The summed E-state index contributed by atoms with van der Waals surface area (Å²) in [7, 11) is 0. The van der Waals surface area contributed by atoms with Crippen LogP contribution in [0.5, 0.6) is 0 Å². The number of rotatable bonds is 5. The van der Waals surface area contributed by atoms with E-state index in [1.54, 1.807) is 11.3 Å². The van der Waals surface area contributed by atoms with Gasteiger partial charge < -0.3 is 10.4 Å². The molecule has 0 saturated carbocycles. The normalized spacial score (nSPS) is 12.8. The van der Waals surface area contributed by atoms with Crippen molar-refractivity contribution in [2.75, 3.05) is 0 Å². The minimum Gasteiger partial charge on any atom is -0.480 e. The molecule has 0 spiro atoms. The van der Waals surface area contributed by atoms with E-state index in [2.05, 4.69) is 5.32 Å². The standard InChI is InChI=1S/C13H15NO3S2/c1-7(2)5-8(13(16)17)14-12(15)11-6-10-9(19-11)3-4-18-10/h3-4,6-8H,5H2,1-2H3,(H,14,15)(H,16,17). The average molecular weight is 297 g/mol. The maximum atomic E-state index is 12.0. The first-order chi connectivity index (χ1) is 8.97. The van der Waals surface area contributed by atoms with Gasteiger partial charge in [0.05, 0.1) is 4.88 Å². The molecule has 2 N–H and O–H groups in total. The number of hydrogen-bond donors (Lipinski definition) is 2. The van der Waals surface area contributed by atoms with Crippen molar-refractivity contribution in [3.63, 3.8) is 0 Å². The number of aliphatic carboxylic acids is 1. The molecule has 2 aromatic rings. The number of carbonyl (C=O) groups excluding carboxylic acids is 1. The van der Waals surface area contributed by atoms with Crippen molar-refractivity contribution in [1.29, 1.82) is 0 Å². The summed E-state index contributed by atoms with van der Waals surface area (Å²) in [5.41, 5.74) is 0. The van der Waals surface area contributed by atoms with E-state index < -0.39 is 12.0 Å². The van der Waals surface area contributed by atoms with Gasteiger partial charge in [0.1, 0.15) is 6.04 Å². The molecule has 0 bridgehead atoms. The Morgan fingerprint density at radius 1 is 1.37 bits per heavy atom. The Morgan fingerprint density at radius 2 is 2.11 bits per heavy atom. The number of hydrogen-bond acceptors (Lipinski definition) is 4. The van der Waals surface area contributed by atoms with Crippen LogP contribution in [0.15, 0.2) is 17.5 Å². The smallest absolute Gasteiger partial charge is 0.326 e. The number of amides is 1. The average Bonchev–Trinajstić information content (AvgIpc) is 2.86. The van der Waals surface area contributed by atoms with Crippen LogP contribution in [-0.4, -0.2) is 23.0 Å². The quantitative estimate of drug-likeness (QED) is 0.890. The molecule has 0 radical (unpaired) electrons. The van der Waals surface area contributed by atoms with E-state index in [1.807, 2.05) is 31.4 Å². The maximum absolute atomic E-state index is 12.0.